The lowest BCUT2D eigenvalue weighted by molar-refractivity contribution is 0.0944. The van der Waals surface area contributed by atoms with Crippen molar-refractivity contribution < 1.29 is 19.1 Å². The van der Waals surface area contributed by atoms with Gasteiger partial charge in [0.15, 0.2) is 11.5 Å². The number of nitrogens with one attached hydrogen (secondary N) is 2. The van der Waals surface area contributed by atoms with Gasteiger partial charge in [-0.3, -0.25) is 9.59 Å². The Kier molecular flexibility index (Phi) is 10.2. The van der Waals surface area contributed by atoms with Crippen LogP contribution in [0.25, 0.3) is 0 Å². The standard InChI is InChI=1S/C24H36N4O4S/c1-3-15-31-19-20(32-16-4-2)22(24(30)28-26-18-13-9-6-10-14-18)33-21(19)23(29)27-25-17-11-7-5-8-12-17/h3-16H2,1-2H3,(H,27,29)(H,28,30). The van der Waals surface area contributed by atoms with Crippen LogP contribution in [0.4, 0.5) is 0 Å². The lowest BCUT2D eigenvalue weighted by Crippen LogP contribution is -2.20. The summed E-state index contributed by atoms with van der Waals surface area (Å²) in [5, 5.41) is 8.66. The maximum absolute atomic E-state index is 13.0. The fourth-order valence-corrected chi connectivity index (χ4v) is 4.84. The van der Waals surface area contributed by atoms with E-state index < -0.39 is 0 Å². The van der Waals surface area contributed by atoms with Crippen LogP contribution < -0.4 is 20.3 Å². The smallest absolute Gasteiger partial charge is 0.285 e. The highest BCUT2D eigenvalue weighted by molar-refractivity contribution is 7.16. The Labute approximate surface area is 200 Å². The van der Waals surface area contributed by atoms with Crippen LogP contribution in [-0.4, -0.2) is 36.5 Å². The number of hydrazone groups is 2. The van der Waals surface area contributed by atoms with E-state index >= 15 is 0 Å². The van der Waals surface area contributed by atoms with Crippen molar-refractivity contribution in [3.8, 4) is 11.5 Å². The van der Waals surface area contributed by atoms with E-state index in [1.165, 1.54) is 12.8 Å². The number of carbonyl (C=O) groups excluding carboxylic acids is 2. The number of hydrogen-bond donors (Lipinski definition) is 2. The zero-order valence-corrected chi connectivity index (χ0v) is 20.7. The highest BCUT2D eigenvalue weighted by atomic mass is 32.1. The van der Waals surface area contributed by atoms with Gasteiger partial charge in [0.05, 0.1) is 13.2 Å². The average molecular weight is 477 g/mol. The lowest BCUT2D eigenvalue weighted by atomic mass is 9.99. The van der Waals surface area contributed by atoms with Crippen molar-refractivity contribution in [1.82, 2.24) is 10.9 Å². The molecule has 1 heterocycles. The van der Waals surface area contributed by atoms with Gasteiger partial charge in [0.25, 0.3) is 11.8 Å². The lowest BCUT2D eigenvalue weighted by Gasteiger charge is -2.13. The molecule has 0 spiro atoms. The van der Waals surface area contributed by atoms with Crippen LogP contribution in [0.5, 0.6) is 11.5 Å². The van der Waals surface area contributed by atoms with Gasteiger partial charge in [0, 0.05) is 11.4 Å². The molecule has 33 heavy (non-hydrogen) atoms. The Morgan fingerprint density at radius 1 is 0.727 bits per heavy atom. The van der Waals surface area contributed by atoms with E-state index in [-0.39, 0.29) is 11.8 Å². The van der Waals surface area contributed by atoms with Gasteiger partial charge in [-0.15, -0.1) is 11.3 Å². The zero-order chi connectivity index (χ0) is 23.5. The van der Waals surface area contributed by atoms with Crippen LogP contribution in [0.2, 0.25) is 0 Å². The molecule has 2 N–H and O–H groups in total. The third kappa shape index (κ3) is 7.28. The molecule has 0 atom stereocenters. The second-order valence-electron chi connectivity index (χ2n) is 8.47. The topological polar surface area (TPSA) is 101 Å². The van der Waals surface area contributed by atoms with Crippen LogP contribution >= 0.6 is 11.3 Å². The van der Waals surface area contributed by atoms with Crippen molar-refractivity contribution in [2.45, 2.75) is 90.9 Å². The fourth-order valence-electron chi connectivity index (χ4n) is 3.87. The number of carbonyl (C=O) groups is 2. The van der Waals surface area contributed by atoms with Gasteiger partial charge >= 0.3 is 0 Å². The molecule has 2 fully saturated rings. The van der Waals surface area contributed by atoms with E-state index in [2.05, 4.69) is 21.1 Å². The van der Waals surface area contributed by atoms with Crippen LogP contribution in [0.1, 0.15) is 110 Å². The predicted molar refractivity (Wildman–Crippen MR) is 132 cm³/mol. The summed E-state index contributed by atoms with van der Waals surface area (Å²) < 4.78 is 11.8. The number of nitrogens with zero attached hydrogens (tertiary/aromatic N) is 2. The summed E-state index contributed by atoms with van der Waals surface area (Å²) in [6.07, 6.45) is 11.9. The third-order valence-corrected chi connectivity index (χ3v) is 6.78. The zero-order valence-electron chi connectivity index (χ0n) is 19.8. The van der Waals surface area contributed by atoms with Crippen molar-refractivity contribution in [2.75, 3.05) is 13.2 Å². The minimum Gasteiger partial charge on any atom is -0.488 e. The summed E-state index contributed by atoms with van der Waals surface area (Å²) in [5.41, 5.74) is 7.35. The Morgan fingerprint density at radius 2 is 1.12 bits per heavy atom. The molecule has 0 aromatic carbocycles. The average Bonchev–Trinajstić information content (AvgIpc) is 3.22. The summed E-state index contributed by atoms with van der Waals surface area (Å²) in [6, 6.07) is 0. The molecule has 2 amide bonds. The quantitative estimate of drug-likeness (QED) is 0.440. The third-order valence-electron chi connectivity index (χ3n) is 5.63. The van der Waals surface area contributed by atoms with Gasteiger partial charge in [-0.1, -0.05) is 26.7 Å². The maximum Gasteiger partial charge on any atom is 0.285 e. The van der Waals surface area contributed by atoms with Gasteiger partial charge in [-0.25, -0.2) is 10.9 Å². The molecule has 0 radical (unpaired) electrons. The molecule has 0 aliphatic heterocycles. The van der Waals surface area contributed by atoms with Crippen molar-refractivity contribution >= 4 is 34.6 Å². The molecule has 2 aliphatic carbocycles. The molecular formula is C24H36N4O4S. The number of thiophene rings is 1. The highest BCUT2D eigenvalue weighted by Gasteiger charge is 2.29. The van der Waals surface area contributed by atoms with E-state index in [4.69, 9.17) is 9.47 Å². The number of rotatable bonds is 10. The largest absolute Gasteiger partial charge is 0.488 e. The SMILES string of the molecule is CCCOc1c(C(=O)NN=C2CCCCC2)sc(C(=O)NN=C2CCCCC2)c1OCCC. The molecule has 2 aliphatic rings. The number of amides is 2. The predicted octanol–water partition coefficient (Wildman–Crippen LogP) is 5.43. The minimum atomic E-state index is -0.386. The first-order chi connectivity index (χ1) is 16.1. The van der Waals surface area contributed by atoms with Gasteiger partial charge < -0.3 is 9.47 Å². The molecule has 1 aromatic rings. The molecule has 182 valence electrons. The Bertz CT molecular complexity index is 794. The summed E-state index contributed by atoms with van der Waals surface area (Å²) >= 11 is 1.06. The Balaban J connectivity index is 1.85. The van der Waals surface area contributed by atoms with Gasteiger partial charge in [-0.2, -0.15) is 10.2 Å². The molecule has 0 bridgehead atoms. The molecule has 0 saturated heterocycles. The normalized spacial score (nSPS) is 16.2. The van der Waals surface area contributed by atoms with Crippen molar-refractivity contribution in [2.24, 2.45) is 10.2 Å². The second kappa shape index (κ2) is 13.3. The Morgan fingerprint density at radius 3 is 1.48 bits per heavy atom. The van der Waals surface area contributed by atoms with E-state index in [9.17, 15) is 9.59 Å². The molecular weight excluding hydrogens is 440 g/mol. The molecule has 1 aromatic heterocycles. The summed E-state index contributed by atoms with van der Waals surface area (Å²) in [5.74, 6) is -0.148. The second-order valence-corrected chi connectivity index (χ2v) is 9.50. The highest BCUT2D eigenvalue weighted by Crippen LogP contribution is 2.43. The van der Waals surface area contributed by atoms with Crippen molar-refractivity contribution in [1.29, 1.82) is 0 Å². The van der Waals surface area contributed by atoms with Gasteiger partial charge in [0.1, 0.15) is 9.75 Å². The first-order valence-electron chi connectivity index (χ1n) is 12.3. The minimum absolute atomic E-state index is 0.296. The molecule has 3 rings (SSSR count). The monoisotopic (exact) mass is 476 g/mol. The van der Waals surface area contributed by atoms with Crippen LogP contribution in [0.15, 0.2) is 10.2 Å². The fraction of sp³-hybridized carbons (Fsp3) is 0.667. The summed E-state index contributed by atoms with van der Waals surface area (Å²) in [6.45, 7) is 4.80. The number of hydrogen-bond acceptors (Lipinski definition) is 7. The van der Waals surface area contributed by atoms with Crippen LogP contribution in [-0.2, 0) is 0 Å². The van der Waals surface area contributed by atoms with E-state index in [1.54, 1.807) is 0 Å². The van der Waals surface area contributed by atoms with E-state index in [0.29, 0.717) is 34.5 Å². The molecule has 8 nitrogen and oxygen atoms in total. The first-order valence-corrected chi connectivity index (χ1v) is 13.1. The molecule has 2 saturated carbocycles. The van der Waals surface area contributed by atoms with Gasteiger partial charge in [0.2, 0.25) is 0 Å². The van der Waals surface area contributed by atoms with E-state index in [1.807, 2.05) is 13.8 Å². The summed E-state index contributed by atoms with van der Waals surface area (Å²) in [7, 11) is 0. The number of ether oxygens (including phenoxy) is 2. The van der Waals surface area contributed by atoms with Crippen LogP contribution in [0, 0.1) is 0 Å². The Hall–Kier alpha value is -2.42. The van der Waals surface area contributed by atoms with Gasteiger partial charge in [-0.05, 0) is 64.2 Å². The summed E-state index contributed by atoms with van der Waals surface area (Å²) in [4.78, 5) is 26.7. The van der Waals surface area contributed by atoms with Crippen molar-refractivity contribution in [3.05, 3.63) is 9.75 Å². The van der Waals surface area contributed by atoms with Crippen molar-refractivity contribution in [3.63, 3.8) is 0 Å². The molecule has 0 unspecified atom stereocenters. The van der Waals surface area contributed by atoms with Crippen LogP contribution in [0.3, 0.4) is 0 Å². The molecule has 9 heteroatoms. The maximum atomic E-state index is 13.0. The van der Waals surface area contributed by atoms with E-state index in [0.717, 1.165) is 87.0 Å². The first kappa shape index (κ1) is 25.2.